The van der Waals surface area contributed by atoms with E-state index in [0.29, 0.717) is 5.57 Å². The van der Waals surface area contributed by atoms with E-state index in [-0.39, 0.29) is 11.2 Å². The number of carbonyl (C=O) groups excluding carboxylic acids is 1. The van der Waals surface area contributed by atoms with Crippen LogP contribution < -0.4 is 0 Å². The molecule has 0 aliphatic heterocycles. The minimum absolute atomic E-state index is 0.0509. The summed E-state index contributed by atoms with van der Waals surface area (Å²) in [5, 5.41) is 10.0. The highest BCUT2D eigenvalue weighted by Crippen LogP contribution is 2.31. The molecule has 0 saturated carbocycles. The van der Waals surface area contributed by atoms with Crippen molar-refractivity contribution in [3.05, 3.63) is 23.8 Å². The first-order valence-corrected chi connectivity index (χ1v) is 4.92. The molecule has 0 bridgehead atoms. The van der Waals surface area contributed by atoms with Gasteiger partial charge in [0.1, 0.15) is 0 Å². The molecule has 0 fully saturated rings. The van der Waals surface area contributed by atoms with Crippen LogP contribution in [0.5, 0.6) is 0 Å². The Kier molecular flexibility index (Phi) is 2.88. The Labute approximate surface area is 90.7 Å². The molecule has 1 aliphatic carbocycles. The summed E-state index contributed by atoms with van der Waals surface area (Å²) in [6.45, 7) is 7.48. The lowest BCUT2D eigenvalue weighted by atomic mass is 9.78. The van der Waals surface area contributed by atoms with Gasteiger partial charge in [-0.25, -0.2) is 0 Å². The lowest BCUT2D eigenvalue weighted by Crippen LogP contribution is -2.30. The van der Waals surface area contributed by atoms with Gasteiger partial charge in [0.15, 0.2) is 11.4 Å². The predicted octanol–water partition coefficient (Wildman–Crippen LogP) is 1.85. The fourth-order valence-corrected chi connectivity index (χ4v) is 1.50. The Morgan fingerprint density at radius 3 is 2.47 bits per heavy atom. The van der Waals surface area contributed by atoms with Crippen molar-refractivity contribution < 1.29 is 9.90 Å². The molecule has 0 radical (unpaired) electrons. The van der Waals surface area contributed by atoms with Crippen molar-refractivity contribution >= 4 is 5.78 Å². The molecule has 1 N–H and O–H groups in total. The molecular formula is C13H16O2. The van der Waals surface area contributed by atoms with E-state index in [1.54, 1.807) is 13.0 Å². The summed E-state index contributed by atoms with van der Waals surface area (Å²) >= 11 is 0. The molecule has 1 atom stereocenters. The van der Waals surface area contributed by atoms with Crippen LogP contribution in [0.4, 0.5) is 0 Å². The highest BCUT2D eigenvalue weighted by molar-refractivity contribution is 6.06. The lowest BCUT2D eigenvalue weighted by Gasteiger charge is -2.27. The maximum absolute atomic E-state index is 11.6. The molecule has 80 valence electrons. The molecule has 0 amide bonds. The molecule has 2 heteroatoms. The van der Waals surface area contributed by atoms with Gasteiger partial charge in [-0.05, 0) is 30.6 Å². The maximum atomic E-state index is 11.6. The average molecular weight is 204 g/mol. The van der Waals surface area contributed by atoms with Crippen LogP contribution in [-0.4, -0.2) is 16.5 Å². The number of ketones is 1. The molecule has 0 aromatic carbocycles. The average Bonchev–Trinajstić information content (AvgIpc) is 2.08. The van der Waals surface area contributed by atoms with Gasteiger partial charge in [-0.1, -0.05) is 26.7 Å². The third kappa shape index (κ3) is 2.57. The Morgan fingerprint density at radius 1 is 1.40 bits per heavy atom. The van der Waals surface area contributed by atoms with Crippen molar-refractivity contribution in [2.45, 2.75) is 33.3 Å². The molecule has 2 nitrogen and oxygen atoms in total. The second-order valence-corrected chi connectivity index (χ2v) is 4.71. The fourth-order valence-electron chi connectivity index (χ4n) is 1.50. The quantitative estimate of drug-likeness (QED) is 0.611. The summed E-state index contributed by atoms with van der Waals surface area (Å²) < 4.78 is 0. The maximum Gasteiger partial charge on any atom is 0.182 e. The summed E-state index contributed by atoms with van der Waals surface area (Å²) in [5.74, 6) is 5.28. The first-order chi connectivity index (χ1) is 6.78. The zero-order valence-electron chi connectivity index (χ0n) is 9.59. The van der Waals surface area contributed by atoms with Crippen LogP contribution in [-0.2, 0) is 4.79 Å². The third-order valence-electron chi connectivity index (χ3n) is 2.25. The van der Waals surface area contributed by atoms with Gasteiger partial charge in [-0.15, -0.1) is 5.92 Å². The molecule has 1 unspecified atom stereocenters. The normalized spacial score (nSPS) is 25.7. The standard InChI is InChI=1S/C13H16O2/c1-5-7-13(15)8-6-11(14)10(9-13)12(2,3)4/h6,8-9,15H,1-4H3. The van der Waals surface area contributed by atoms with E-state index in [0.717, 1.165) is 0 Å². The SMILES string of the molecule is CC#CC1(O)C=CC(=O)C(C(C)(C)C)=C1. The number of hydrogen-bond donors (Lipinski definition) is 1. The number of aliphatic hydroxyl groups is 1. The Balaban J connectivity index is 3.20. The molecule has 1 rings (SSSR count). The second-order valence-electron chi connectivity index (χ2n) is 4.71. The van der Waals surface area contributed by atoms with Crippen LogP contribution in [0, 0.1) is 17.3 Å². The molecule has 0 saturated heterocycles. The van der Waals surface area contributed by atoms with Crippen LogP contribution >= 0.6 is 0 Å². The highest BCUT2D eigenvalue weighted by atomic mass is 16.3. The minimum atomic E-state index is -1.29. The van der Waals surface area contributed by atoms with Gasteiger partial charge in [0.05, 0.1) is 0 Å². The summed E-state index contributed by atoms with van der Waals surface area (Å²) in [7, 11) is 0. The zero-order chi connectivity index (χ0) is 11.7. The number of carbonyl (C=O) groups is 1. The molecule has 15 heavy (non-hydrogen) atoms. The summed E-state index contributed by atoms with van der Waals surface area (Å²) in [4.78, 5) is 11.6. The fraction of sp³-hybridized carbons (Fsp3) is 0.462. The van der Waals surface area contributed by atoms with Gasteiger partial charge < -0.3 is 5.11 Å². The van der Waals surface area contributed by atoms with Crippen LogP contribution in [0.2, 0.25) is 0 Å². The number of hydrogen-bond acceptors (Lipinski definition) is 2. The van der Waals surface area contributed by atoms with Crippen molar-refractivity contribution in [2.24, 2.45) is 5.41 Å². The summed E-state index contributed by atoms with van der Waals surface area (Å²) in [6, 6.07) is 0. The van der Waals surface area contributed by atoms with Gasteiger partial charge in [-0.3, -0.25) is 4.79 Å². The van der Waals surface area contributed by atoms with Crippen LogP contribution in [0.1, 0.15) is 27.7 Å². The zero-order valence-corrected chi connectivity index (χ0v) is 9.59. The Hall–Kier alpha value is -1.33. The molecular weight excluding hydrogens is 188 g/mol. The molecule has 0 heterocycles. The Morgan fingerprint density at radius 2 is 2.00 bits per heavy atom. The van der Waals surface area contributed by atoms with E-state index in [4.69, 9.17) is 0 Å². The summed E-state index contributed by atoms with van der Waals surface area (Å²) in [6.07, 6.45) is 4.37. The van der Waals surface area contributed by atoms with Gasteiger partial charge in [-0.2, -0.15) is 0 Å². The first-order valence-electron chi connectivity index (χ1n) is 4.92. The Bertz CT molecular complexity index is 396. The summed E-state index contributed by atoms with van der Waals surface area (Å²) in [5.41, 5.74) is -0.952. The minimum Gasteiger partial charge on any atom is -0.370 e. The molecule has 0 spiro atoms. The van der Waals surface area contributed by atoms with E-state index in [9.17, 15) is 9.90 Å². The van der Waals surface area contributed by atoms with Crippen molar-refractivity contribution in [3.8, 4) is 11.8 Å². The lowest BCUT2D eigenvalue weighted by molar-refractivity contribution is -0.112. The molecule has 0 aromatic heterocycles. The van der Waals surface area contributed by atoms with E-state index < -0.39 is 5.60 Å². The van der Waals surface area contributed by atoms with Crippen LogP contribution in [0.3, 0.4) is 0 Å². The van der Waals surface area contributed by atoms with Crippen LogP contribution in [0.15, 0.2) is 23.8 Å². The first kappa shape index (κ1) is 11.7. The van der Waals surface area contributed by atoms with Crippen molar-refractivity contribution in [3.63, 3.8) is 0 Å². The van der Waals surface area contributed by atoms with Crippen molar-refractivity contribution in [1.29, 1.82) is 0 Å². The van der Waals surface area contributed by atoms with Gasteiger partial charge in [0.2, 0.25) is 0 Å². The molecule has 1 aliphatic rings. The van der Waals surface area contributed by atoms with E-state index in [1.807, 2.05) is 20.8 Å². The highest BCUT2D eigenvalue weighted by Gasteiger charge is 2.31. The smallest absolute Gasteiger partial charge is 0.182 e. The van der Waals surface area contributed by atoms with E-state index >= 15 is 0 Å². The second kappa shape index (κ2) is 3.67. The monoisotopic (exact) mass is 204 g/mol. The van der Waals surface area contributed by atoms with Crippen molar-refractivity contribution in [2.75, 3.05) is 0 Å². The van der Waals surface area contributed by atoms with E-state index in [1.165, 1.54) is 12.2 Å². The topological polar surface area (TPSA) is 37.3 Å². The number of allylic oxidation sites excluding steroid dienone is 2. The van der Waals surface area contributed by atoms with Crippen molar-refractivity contribution in [1.82, 2.24) is 0 Å². The van der Waals surface area contributed by atoms with Gasteiger partial charge >= 0.3 is 0 Å². The third-order valence-corrected chi connectivity index (χ3v) is 2.25. The van der Waals surface area contributed by atoms with Gasteiger partial charge in [0.25, 0.3) is 0 Å². The largest absolute Gasteiger partial charge is 0.370 e. The van der Waals surface area contributed by atoms with E-state index in [2.05, 4.69) is 11.8 Å². The van der Waals surface area contributed by atoms with Crippen LogP contribution in [0.25, 0.3) is 0 Å². The predicted molar refractivity (Wildman–Crippen MR) is 60.1 cm³/mol. The number of rotatable bonds is 0. The molecule has 0 aromatic rings. The van der Waals surface area contributed by atoms with Gasteiger partial charge in [0, 0.05) is 5.57 Å².